The van der Waals surface area contributed by atoms with Gasteiger partial charge in [0.25, 0.3) is 5.91 Å². The first kappa shape index (κ1) is 21.1. The Labute approximate surface area is 177 Å². The molecule has 156 valence electrons. The third-order valence-corrected chi connectivity index (χ3v) is 4.39. The smallest absolute Gasteiger partial charge is 0.313 e. The molecule has 1 heterocycles. The van der Waals surface area contributed by atoms with Crippen LogP contribution in [0.25, 0.3) is 0 Å². The average molecular weight is 431 g/mol. The van der Waals surface area contributed by atoms with Crippen LogP contribution in [0.4, 0.5) is 11.5 Å². The van der Waals surface area contributed by atoms with Crippen LogP contribution in [0.15, 0.2) is 48.7 Å². The van der Waals surface area contributed by atoms with E-state index in [9.17, 15) is 14.9 Å². The minimum atomic E-state index is -0.588. The van der Waals surface area contributed by atoms with Crippen molar-refractivity contribution in [3.63, 3.8) is 0 Å². The quantitative estimate of drug-likeness (QED) is 0.402. The number of aryl methyl sites for hydroxylation is 1. The van der Waals surface area contributed by atoms with Crippen molar-refractivity contribution in [3.8, 4) is 17.2 Å². The Kier molecular flexibility index (Phi) is 6.53. The second-order valence-corrected chi connectivity index (χ2v) is 6.67. The van der Waals surface area contributed by atoms with E-state index < -0.39 is 4.92 Å². The predicted molar refractivity (Wildman–Crippen MR) is 112 cm³/mol. The zero-order valence-corrected chi connectivity index (χ0v) is 17.0. The van der Waals surface area contributed by atoms with Crippen LogP contribution in [0, 0.1) is 10.1 Å². The summed E-state index contributed by atoms with van der Waals surface area (Å²) >= 11 is 5.83. The molecular formula is C20H19ClN4O5. The number of hydrogen-bond donors (Lipinski definition) is 1. The number of ether oxygens (including phenoxy) is 2. The molecule has 0 bridgehead atoms. The fourth-order valence-corrected chi connectivity index (χ4v) is 2.91. The second kappa shape index (κ2) is 9.27. The van der Waals surface area contributed by atoms with Crippen LogP contribution in [0.2, 0.25) is 5.02 Å². The molecule has 0 unspecified atom stereocenters. The van der Waals surface area contributed by atoms with Crippen LogP contribution in [0.5, 0.6) is 17.2 Å². The summed E-state index contributed by atoms with van der Waals surface area (Å²) in [6.45, 7) is 2.69. The lowest BCUT2D eigenvalue weighted by Crippen LogP contribution is -2.16. The molecule has 1 N–H and O–H groups in total. The van der Waals surface area contributed by atoms with Gasteiger partial charge in [-0.15, -0.1) is 0 Å². The SMILES string of the molecule is CCCn1nccc1NC(=O)c1ccc(Oc2ccc(Cl)cc2[N+](=O)[O-])c(OC)c1. The van der Waals surface area contributed by atoms with Crippen LogP contribution < -0.4 is 14.8 Å². The van der Waals surface area contributed by atoms with Crippen LogP contribution in [-0.2, 0) is 6.54 Å². The summed E-state index contributed by atoms with van der Waals surface area (Å²) in [6.07, 6.45) is 2.49. The summed E-state index contributed by atoms with van der Waals surface area (Å²) < 4.78 is 12.7. The van der Waals surface area contributed by atoms with Gasteiger partial charge in [-0.3, -0.25) is 14.9 Å². The molecule has 0 radical (unpaired) electrons. The lowest BCUT2D eigenvalue weighted by Gasteiger charge is -2.13. The number of anilines is 1. The van der Waals surface area contributed by atoms with Gasteiger partial charge in [0.05, 0.1) is 18.2 Å². The Balaban J connectivity index is 1.84. The molecule has 0 saturated carbocycles. The lowest BCUT2D eigenvalue weighted by atomic mass is 10.2. The molecule has 30 heavy (non-hydrogen) atoms. The lowest BCUT2D eigenvalue weighted by molar-refractivity contribution is -0.385. The molecule has 3 aromatic rings. The van der Waals surface area contributed by atoms with E-state index in [2.05, 4.69) is 10.4 Å². The fourth-order valence-electron chi connectivity index (χ4n) is 2.75. The number of carbonyl (C=O) groups excluding carboxylic acids is 1. The van der Waals surface area contributed by atoms with Crippen LogP contribution >= 0.6 is 11.6 Å². The number of methoxy groups -OCH3 is 1. The molecule has 0 aliphatic rings. The molecule has 0 atom stereocenters. The van der Waals surface area contributed by atoms with Crippen molar-refractivity contribution in [3.05, 3.63) is 69.4 Å². The number of nitrogens with zero attached hydrogens (tertiary/aromatic N) is 3. The van der Waals surface area contributed by atoms with Crippen LogP contribution in [-0.4, -0.2) is 27.7 Å². The Bertz CT molecular complexity index is 1080. The summed E-state index contributed by atoms with van der Waals surface area (Å²) in [4.78, 5) is 23.3. The maximum absolute atomic E-state index is 12.6. The normalized spacial score (nSPS) is 10.5. The predicted octanol–water partition coefficient (Wildman–Crippen LogP) is 4.91. The highest BCUT2D eigenvalue weighted by Crippen LogP contribution is 2.38. The highest BCUT2D eigenvalue weighted by atomic mass is 35.5. The highest BCUT2D eigenvalue weighted by Gasteiger charge is 2.19. The number of aromatic nitrogens is 2. The Morgan fingerprint density at radius 1 is 1.20 bits per heavy atom. The van der Waals surface area contributed by atoms with Gasteiger partial charge in [0.1, 0.15) is 5.82 Å². The molecule has 10 heteroatoms. The Morgan fingerprint density at radius 3 is 2.67 bits per heavy atom. The third-order valence-electron chi connectivity index (χ3n) is 4.16. The van der Waals surface area contributed by atoms with Gasteiger partial charge in [0, 0.05) is 29.3 Å². The Morgan fingerprint density at radius 2 is 1.97 bits per heavy atom. The van der Waals surface area contributed by atoms with E-state index in [4.69, 9.17) is 21.1 Å². The van der Waals surface area contributed by atoms with Gasteiger partial charge in [0.15, 0.2) is 11.5 Å². The van der Waals surface area contributed by atoms with E-state index in [0.717, 1.165) is 6.42 Å². The van der Waals surface area contributed by atoms with Crippen molar-refractivity contribution >= 4 is 29.0 Å². The van der Waals surface area contributed by atoms with E-state index >= 15 is 0 Å². The number of nitro benzene ring substituents is 1. The largest absolute Gasteiger partial charge is 0.493 e. The number of halogens is 1. The minimum absolute atomic E-state index is 0.00312. The Hall–Kier alpha value is -3.59. The molecular weight excluding hydrogens is 412 g/mol. The van der Waals surface area contributed by atoms with E-state index in [1.54, 1.807) is 16.9 Å². The third kappa shape index (κ3) is 4.69. The summed E-state index contributed by atoms with van der Waals surface area (Å²) in [5, 5.41) is 18.5. The molecule has 0 fully saturated rings. The van der Waals surface area contributed by atoms with E-state index in [1.165, 1.54) is 43.5 Å². The molecule has 3 rings (SSSR count). The number of rotatable bonds is 8. The fraction of sp³-hybridized carbons (Fsp3) is 0.200. The van der Waals surface area contributed by atoms with E-state index in [1.807, 2.05) is 6.92 Å². The molecule has 1 amide bonds. The molecule has 9 nitrogen and oxygen atoms in total. The van der Waals surface area contributed by atoms with Crippen molar-refractivity contribution in [1.29, 1.82) is 0 Å². The number of nitro groups is 1. The van der Waals surface area contributed by atoms with Gasteiger partial charge in [-0.25, -0.2) is 4.68 Å². The summed E-state index contributed by atoms with van der Waals surface area (Å²) in [7, 11) is 1.41. The molecule has 0 aliphatic carbocycles. The number of hydrogen-bond acceptors (Lipinski definition) is 6. The van der Waals surface area contributed by atoms with Gasteiger partial charge in [0.2, 0.25) is 5.75 Å². The van der Waals surface area contributed by atoms with Gasteiger partial charge >= 0.3 is 5.69 Å². The molecule has 0 spiro atoms. The summed E-state index contributed by atoms with van der Waals surface area (Å²) in [6, 6.07) is 10.3. The van der Waals surface area contributed by atoms with Crippen LogP contribution in [0.1, 0.15) is 23.7 Å². The number of benzene rings is 2. The van der Waals surface area contributed by atoms with E-state index in [-0.39, 0.29) is 33.9 Å². The molecule has 1 aromatic heterocycles. The first-order valence-electron chi connectivity index (χ1n) is 9.06. The van der Waals surface area contributed by atoms with Gasteiger partial charge < -0.3 is 14.8 Å². The van der Waals surface area contributed by atoms with Crippen molar-refractivity contribution in [2.75, 3.05) is 12.4 Å². The van der Waals surface area contributed by atoms with E-state index in [0.29, 0.717) is 17.9 Å². The number of nitrogens with one attached hydrogen (secondary N) is 1. The monoisotopic (exact) mass is 430 g/mol. The van der Waals surface area contributed by atoms with Crippen LogP contribution in [0.3, 0.4) is 0 Å². The minimum Gasteiger partial charge on any atom is -0.493 e. The summed E-state index contributed by atoms with van der Waals surface area (Å²) in [5.41, 5.74) is 0.0459. The number of amides is 1. The van der Waals surface area contributed by atoms with Crippen molar-refractivity contribution in [1.82, 2.24) is 9.78 Å². The molecule has 0 aliphatic heterocycles. The second-order valence-electron chi connectivity index (χ2n) is 6.23. The zero-order valence-electron chi connectivity index (χ0n) is 16.3. The first-order chi connectivity index (χ1) is 14.4. The van der Waals surface area contributed by atoms with Gasteiger partial charge in [-0.2, -0.15) is 5.10 Å². The zero-order chi connectivity index (χ0) is 21.7. The highest BCUT2D eigenvalue weighted by molar-refractivity contribution is 6.30. The standard InChI is InChI=1S/C20H19ClN4O5/c1-3-10-24-19(8-9-22-24)23-20(26)13-4-6-17(18(11-13)29-2)30-16-7-5-14(21)12-15(16)25(27)28/h4-9,11-12H,3,10H2,1-2H3,(H,23,26). The molecule has 0 saturated heterocycles. The first-order valence-corrected chi connectivity index (χ1v) is 9.43. The maximum Gasteiger partial charge on any atom is 0.313 e. The topological polar surface area (TPSA) is 109 Å². The van der Waals surface area contributed by atoms with Gasteiger partial charge in [-0.05, 0) is 36.8 Å². The van der Waals surface area contributed by atoms with Crippen molar-refractivity contribution in [2.45, 2.75) is 19.9 Å². The average Bonchev–Trinajstić information content (AvgIpc) is 3.16. The van der Waals surface area contributed by atoms with Crippen molar-refractivity contribution < 1.29 is 19.2 Å². The van der Waals surface area contributed by atoms with Crippen molar-refractivity contribution in [2.24, 2.45) is 0 Å². The maximum atomic E-state index is 12.6. The molecule has 2 aromatic carbocycles. The summed E-state index contributed by atoms with van der Waals surface area (Å²) in [5.74, 6) is 0.695. The van der Waals surface area contributed by atoms with Gasteiger partial charge in [-0.1, -0.05) is 18.5 Å². The number of carbonyl (C=O) groups is 1.